The van der Waals surface area contributed by atoms with Gasteiger partial charge in [-0.1, -0.05) is 63.6 Å². The van der Waals surface area contributed by atoms with E-state index in [1.54, 1.807) is 14.2 Å². The number of methoxy groups -OCH3 is 2. The van der Waals surface area contributed by atoms with Crippen LogP contribution in [0.15, 0.2) is 97.3 Å². The van der Waals surface area contributed by atoms with Gasteiger partial charge in [-0.2, -0.15) is 0 Å². The molecule has 10 rings (SSSR count). The lowest BCUT2D eigenvalue weighted by atomic mass is 10.0. The van der Waals surface area contributed by atoms with Crippen molar-refractivity contribution in [2.75, 3.05) is 96.4 Å². The molecule has 4 aromatic carbocycles. The third-order valence-corrected chi connectivity index (χ3v) is 13.5. The second-order valence-electron chi connectivity index (χ2n) is 18.0. The number of piperazine rings is 2. The molecule has 2 saturated heterocycles. The molecule has 67 heavy (non-hydrogen) atoms. The maximum atomic E-state index is 6.21. The minimum Gasteiger partial charge on any atom is -0.495 e. The van der Waals surface area contributed by atoms with E-state index in [0.29, 0.717) is 19.5 Å². The van der Waals surface area contributed by atoms with Gasteiger partial charge >= 0.3 is 0 Å². The number of ether oxygens (including phenoxy) is 4. The number of benzene rings is 4. The highest BCUT2D eigenvalue weighted by Gasteiger charge is 2.27. The van der Waals surface area contributed by atoms with E-state index in [0.717, 1.165) is 119 Å². The maximum Gasteiger partial charge on any atom is 0.152 e. The summed E-state index contributed by atoms with van der Waals surface area (Å²) < 4.78 is 23.5. The van der Waals surface area contributed by atoms with E-state index in [1.165, 1.54) is 57.2 Å². The molecule has 0 saturated carbocycles. The summed E-state index contributed by atoms with van der Waals surface area (Å²) in [6.45, 7) is 24.8. The molecule has 0 atom stereocenters. The van der Waals surface area contributed by atoms with Crippen LogP contribution in [0.5, 0.6) is 23.0 Å². The summed E-state index contributed by atoms with van der Waals surface area (Å²) in [5.41, 5.74) is 9.58. The normalized spacial score (nSPS) is 16.8. The predicted molar refractivity (Wildman–Crippen MR) is 273 cm³/mol. The van der Waals surface area contributed by atoms with Gasteiger partial charge < -0.3 is 28.7 Å². The van der Waals surface area contributed by atoms with Gasteiger partial charge in [0.2, 0.25) is 0 Å². The van der Waals surface area contributed by atoms with E-state index >= 15 is 0 Å². The molecule has 0 unspecified atom stereocenters. The summed E-state index contributed by atoms with van der Waals surface area (Å²) >= 11 is 0. The Kier molecular flexibility index (Phi) is 16.3. The number of rotatable bonds is 12. The number of hydrogen-bond acceptors (Lipinski definition) is 12. The molecular formula is C55H72N8O4. The largest absolute Gasteiger partial charge is 0.495 e. The molecule has 0 radical (unpaired) electrons. The third kappa shape index (κ3) is 11.0. The van der Waals surface area contributed by atoms with Gasteiger partial charge in [-0.3, -0.25) is 29.6 Å². The Hall–Kier alpha value is -5.66. The number of anilines is 2. The highest BCUT2D eigenvalue weighted by molar-refractivity contribution is 5.90. The third-order valence-electron chi connectivity index (χ3n) is 13.5. The molecule has 0 aliphatic carbocycles. The molecule has 12 nitrogen and oxygen atoms in total. The molecule has 2 aromatic heterocycles. The molecular weight excluding hydrogens is 837 g/mol. The summed E-state index contributed by atoms with van der Waals surface area (Å²) in [6, 6.07) is 30.2. The first-order chi connectivity index (χ1) is 32.9. The van der Waals surface area contributed by atoms with Crippen molar-refractivity contribution in [1.29, 1.82) is 0 Å². The topological polar surface area (TPSA) is 82.1 Å². The molecule has 0 amide bonds. The minimum absolute atomic E-state index is 0.453. The van der Waals surface area contributed by atoms with Gasteiger partial charge in [0.1, 0.15) is 36.0 Å². The quantitative estimate of drug-likeness (QED) is 0.117. The lowest BCUT2D eigenvalue weighted by molar-refractivity contribution is 0.0698. The van der Waals surface area contributed by atoms with E-state index < -0.39 is 0 Å². The zero-order chi connectivity index (χ0) is 46.7. The molecule has 2 fully saturated rings. The monoisotopic (exact) mass is 909 g/mol. The van der Waals surface area contributed by atoms with Crippen molar-refractivity contribution in [2.24, 2.45) is 0 Å². The number of para-hydroxylation sites is 4. The van der Waals surface area contributed by atoms with Crippen LogP contribution < -0.4 is 28.7 Å². The number of pyridine rings is 2. The van der Waals surface area contributed by atoms with Gasteiger partial charge in [0.25, 0.3) is 0 Å². The van der Waals surface area contributed by atoms with Crippen LogP contribution in [0.25, 0.3) is 21.8 Å². The van der Waals surface area contributed by atoms with E-state index in [1.807, 2.05) is 62.6 Å². The number of unbranched alkanes of at least 4 members (excludes halogenated alkanes) is 1. The summed E-state index contributed by atoms with van der Waals surface area (Å²) in [4.78, 5) is 24.1. The lowest BCUT2D eigenvalue weighted by Gasteiger charge is -2.37. The molecule has 0 bridgehead atoms. The fourth-order valence-electron chi connectivity index (χ4n) is 9.79. The minimum atomic E-state index is 0.453. The number of hydrogen-bond donors (Lipinski definition) is 0. The first-order valence-electron chi connectivity index (χ1n) is 24.6. The second kappa shape index (κ2) is 22.9. The molecule has 6 aromatic rings. The van der Waals surface area contributed by atoms with Gasteiger partial charge in [0.05, 0.1) is 25.6 Å². The Morgan fingerprint density at radius 3 is 1.54 bits per heavy atom. The average Bonchev–Trinajstić information content (AvgIpc) is 3.39. The standard InChI is InChI=1S/C27H34N4O2.C26H32N4O2.C2H6/c1-3-4-12-30-19-22-17-21(23-8-7-11-28-26(23)27(22)33-20-30)18-29-13-15-31(16-14-29)24-9-5-6-10-25(24)32-2;1-19(2)30-17-21-15-20(22-7-6-10-27-25(22)26(21)32-18-30)16-28-11-13-29(14-12-28)23-8-4-5-9-24(23)31-3;1-2/h5-11,17H,3-4,12-16,18-20H2,1-2H3;4-10,15,19H,11-14,16-18H2,1-3H3;1-2H3. The van der Waals surface area contributed by atoms with Crippen molar-refractivity contribution in [2.45, 2.75) is 79.7 Å². The van der Waals surface area contributed by atoms with Crippen molar-refractivity contribution in [1.82, 2.24) is 29.6 Å². The van der Waals surface area contributed by atoms with Crippen LogP contribution >= 0.6 is 0 Å². The molecule has 0 spiro atoms. The summed E-state index contributed by atoms with van der Waals surface area (Å²) in [5, 5.41) is 2.42. The van der Waals surface area contributed by atoms with Crippen molar-refractivity contribution >= 4 is 33.2 Å². The fraction of sp³-hybridized carbons (Fsp3) is 0.455. The predicted octanol–water partition coefficient (Wildman–Crippen LogP) is 9.67. The van der Waals surface area contributed by atoms with Gasteiger partial charge in [0, 0.05) is 125 Å². The zero-order valence-corrected chi connectivity index (χ0v) is 41.0. The highest BCUT2D eigenvalue weighted by atomic mass is 16.5. The molecule has 0 N–H and O–H groups in total. The first-order valence-corrected chi connectivity index (χ1v) is 24.6. The highest BCUT2D eigenvalue weighted by Crippen LogP contribution is 2.38. The van der Waals surface area contributed by atoms with Crippen LogP contribution in [0.1, 0.15) is 69.7 Å². The van der Waals surface area contributed by atoms with Crippen molar-refractivity contribution in [3.8, 4) is 23.0 Å². The molecule has 4 aliphatic rings. The van der Waals surface area contributed by atoms with Crippen molar-refractivity contribution < 1.29 is 18.9 Å². The lowest BCUT2D eigenvalue weighted by Crippen LogP contribution is -2.46. The SMILES string of the molecule is CC.CCCCN1COc2c(cc(CN3CCN(c4ccccc4OC)CC3)c3cccnc23)C1.COc1ccccc1N1CCN(Cc2cc3c(c4ncccc24)OCN(C(C)C)C3)CC1. The molecule has 356 valence electrons. The fourth-order valence-corrected chi connectivity index (χ4v) is 9.79. The van der Waals surface area contributed by atoms with Crippen LogP contribution in [0.2, 0.25) is 0 Å². The van der Waals surface area contributed by atoms with E-state index in [9.17, 15) is 0 Å². The molecule has 4 aliphatic heterocycles. The smallest absolute Gasteiger partial charge is 0.152 e. The Morgan fingerprint density at radius 2 is 1.06 bits per heavy atom. The molecule has 6 heterocycles. The van der Waals surface area contributed by atoms with E-state index in [2.05, 4.69) is 98.7 Å². The average molecular weight is 909 g/mol. The van der Waals surface area contributed by atoms with Crippen LogP contribution in [0.3, 0.4) is 0 Å². The van der Waals surface area contributed by atoms with Crippen LogP contribution in [-0.4, -0.2) is 122 Å². The number of aromatic nitrogens is 2. The van der Waals surface area contributed by atoms with Crippen molar-refractivity contribution in [3.63, 3.8) is 0 Å². The Bertz CT molecular complexity index is 2540. The van der Waals surface area contributed by atoms with E-state index in [-0.39, 0.29) is 0 Å². The maximum absolute atomic E-state index is 6.21. The van der Waals surface area contributed by atoms with E-state index in [4.69, 9.17) is 28.9 Å². The number of nitrogens with zero attached hydrogens (tertiary/aromatic N) is 8. The van der Waals surface area contributed by atoms with Gasteiger partial charge in [-0.05, 0) is 79.9 Å². The Balaban J connectivity index is 0.000000175. The zero-order valence-electron chi connectivity index (χ0n) is 41.0. The Labute approximate surface area is 399 Å². The van der Waals surface area contributed by atoms with Crippen LogP contribution in [-0.2, 0) is 26.2 Å². The van der Waals surface area contributed by atoms with Crippen molar-refractivity contribution in [3.05, 3.63) is 120 Å². The summed E-state index contributed by atoms with van der Waals surface area (Å²) in [5.74, 6) is 3.83. The van der Waals surface area contributed by atoms with Crippen LogP contribution in [0, 0.1) is 0 Å². The molecule has 12 heteroatoms. The summed E-state index contributed by atoms with van der Waals surface area (Å²) in [7, 11) is 3.49. The van der Waals surface area contributed by atoms with Crippen LogP contribution in [0.4, 0.5) is 11.4 Å². The number of fused-ring (bicyclic) bond motifs is 6. The first kappa shape index (κ1) is 47.8. The second-order valence-corrected chi connectivity index (χ2v) is 18.0. The Morgan fingerprint density at radius 1 is 0.582 bits per heavy atom. The van der Waals surface area contributed by atoms with Gasteiger partial charge in [-0.15, -0.1) is 0 Å². The summed E-state index contributed by atoms with van der Waals surface area (Å²) in [6.07, 6.45) is 6.16. The van der Waals surface area contributed by atoms with Gasteiger partial charge in [-0.25, -0.2) is 0 Å². The van der Waals surface area contributed by atoms with Gasteiger partial charge in [0.15, 0.2) is 11.5 Å².